The summed E-state index contributed by atoms with van der Waals surface area (Å²) in [5.41, 5.74) is 0.527. The fraction of sp³-hybridized carbons (Fsp3) is 0.600. The van der Waals surface area contributed by atoms with Crippen molar-refractivity contribution >= 4 is 5.82 Å². The highest BCUT2D eigenvalue weighted by molar-refractivity contribution is 5.44. The van der Waals surface area contributed by atoms with Crippen LogP contribution in [0.4, 0.5) is 5.82 Å². The largest absolute Gasteiger partial charge is 0.353 e. The summed E-state index contributed by atoms with van der Waals surface area (Å²) in [6, 6.07) is 8.56. The zero-order valence-corrected chi connectivity index (χ0v) is 10.8. The van der Waals surface area contributed by atoms with Crippen molar-refractivity contribution in [3.63, 3.8) is 0 Å². The normalized spacial score (nSPS) is 30.9. The molecule has 3 nitrogen and oxygen atoms in total. The zero-order valence-electron chi connectivity index (χ0n) is 10.8. The Morgan fingerprint density at radius 1 is 1.33 bits per heavy atom. The van der Waals surface area contributed by atoms with Gasteiger partial charge in [0.25, 0.3) is 0 Å². The molecule has 3 heteroatoms. The van der Waals surface area contributed by atoms with Crippen molar-refractivity contribution in [3.05, 3.63) is 23.9 Å². The van der Waals surface area contributed by atoms with E-state index in [9.17, 15) is 0 Å². The maximum atomic E-state index is 8.96. The van der Waals surface area contributed by atoms with Gasteiger partial charge in [0.05, 0.1) is 0 Å². The Morgan fingerprint density at radius 3 is 3.00 bits per heavy atom. The van der Waals surface area contributed by atoms with Gasteiger partial charge < -0.3 is 4.90 Å². The van der Waals surface area contributed by atoms with Crippen LogP contribution in [0.25, 0.3) is 0 Å². The molecule has 0 spiro atoms. The van der Waals surface area contributed by atoms with Gasteiger partial charge in [-0.05, 0) is 36.8 Å². The van der Waals surface area contributed by atoms with Crippen LogP contribution in [-0.4, -0.2) is 17.6 Å². The van der Waals surface area contributed by atoms with Crippen LogP contribution in [0, 0.1) is 23.2 Å². The first kappa shape index (κ1) is 11.5. The monoisotopic (exact) mass is 241 g/mol. The van der Waals surface area contributed by atoms with Crippen LogP contribution in [0.5, 0.6) is 0 Å². The summed E-state index contributed by atoms with van der Waals surface area (Å²) in [6.07, 6.45) is 5.36. The lowest BCUT2D eigenvalue weighted by atomic mass is 9.80. The minimum absolute atomic E-state index is 0.527. The Balaban J connectivity index is 1.89. The van der Waals surface area contributed by atoms with Crippen LogP contribution in [0.2, 0.25) is 0 Å². The first-order chi connectivity index (χ1) is 8.79. The molecule has 1 aromatic heterocycles. The maximum Gasteiger partial charge on any atom is 0.142 e. The molecule has 1 aromatic rings. The summed E-state index contributed by atoms with van der Waals surface area (Å²) in [6.45, 7) is 3.45. The fourth-order valence-corrected chi connectivity index (χ4v) is 3.68. The van der Waals surface area contributed by atoms with Gasteiger partial charge in [-0.2, -0.15) is 5.26 Å². The number of fused-ring (bicyclic) bond motifs is 1. The Bertz CT molecular complexity index is 477. The molecule has 3 atom stereocenters. The zero-order chi connectivity index (χ0) is 12.5. The molecule has 0 radical (unpaired) electrons. The summed E-state index contributed by atoms with van der Waals surface area (Å²) in [7, 11) is 0. The highest BCUT2D eigenvalue weighted by Gasteiger charge is 2.40. The summed E-state index contributed by atoms with van der Waals surface area (Å²) in [5.74, 6) is 2.57. The van der Waals surface area contributed by atoms with E-state index in [1.54, 1.807) is 6.07 Å². The van der Waals surface area contributed by atoms with Gasteiger partial charge >= 0.3 is 0 Å². The van der Waals surface area contributed by atoms with E-state index in [0.717, 1.165) is 24.2 Å². The van der Waals surface area contributed by atoms with Gasteiger partial charge in [0.15, 0.2) is 0 Å². The number of nitrogens with zero attached hydrogens (tertiary/aromatic N) is 3. The van der Waals surface area contributed by atoms with Gasteiger partial charge in [0.1, 0.15) is 17.6 Å². The van der Waals surface area contributed by atoms with Gasteiger partial charge in [-0.3, -0.25) is 0 Å². The Hall–Kier alpha value is -1.56. The molecule has 94 valence electrons. The first-order valence-electron chi connectivity index (χ1n) is 6.93. The quantitative estimate of drug-likeness (QED) is 0.759. The molecule has 0 bridgehead atoms. The molecule has 2 fully saturated rings. The van der Waals surface area contributed by atoms with E-state index in [1.807, 2.05) is 12.1 Å². The minimum atomic E-state index is 0.527. The van der Waals surface area contributed by atoms with Gasteiger partial charge in [-0.25, -0.2) is 4.98 Å². The van der Waals surface area contributed by atoms with E-state index >= 15 is 0 Å². The smallest absolute Gasteiger partial charge is 0.142 e. The van der Waals surface area contributed by atoms with Gasteiger partial charge in [0.2, 0.25) is 0 Å². The number of aromatic nitrogens is 1. The number of hydrogen-bond donors (Lipinski definition) is 0. The second-order valence-corrected chi connectivity index (χ2v) is 5.64. The van der Waals surface area contributed by atoms with Crippen molar-refractivity contribution in [2.45, 2.75) is 38.6 Å². The molecule has 1 aliphatic carbocycles. The van der Waals surface area contributed by atoms with Crippen LogP contribution >= 0.6 is 0 Å². The molecule has 0 amide bonds. The van der Waals surface area contributed by atoms with Crippen LogP contribution in [0.1, 0.15) is 38.3 Å². The lowest BCUT2D eigenvalue weighted by Crippen LogP contribution is -2.35. The second-order valence-electron chi connectivity index (χ2n) is 5.64. The van der Waals surface area contributed by atoms with E-state index < -0.39 is 0 Å². The number of pyridine rings is 1. The lowest BCUT2D eigenvalue weighted by molar-refractivity contribution is 0.293. The highest BCUT2D eigenvalue weighted by Crippen LogP contribution is 2.41. The predicted octanol–water partition coefficient (Wildman–Crippen LogP) is 2.97. The molecule has 0 N–H and O–H groups in total. The summed E-state index contributed by atoms with van der Waals surface area (Å²) < 4.78 is 0. The van der Waals surface area contributed by atoms with E-state index in [1.165, 1.54) is 25.7 Å². The molecule has 1 saturated carbocycles. The van der Waals surface area contributed by atoms with Crippen LogP contribution in [0.3, 0.4) is 0 Å². The van der Waals surface area contributed by atoms with Crippen LogP contribution < -0.4 is 4.90 Å². The van der Waals surface area contributed by atoms with Crippen molar-refractivity contribution in [2.24, 2.45) is 11.8 Å². The van der Waals surface area contributed by atoms with E-state index in [0.29, 0.717) is 11.7 Å². The number of anilines is 1. The van der Waals surface area contributed by atoms with Crippen LogP contribution in [0.15, 0.2) is 18.2 Å². The van der Waals surface area contributed by atoms with Crippen LogP contribution in [-0.2, 0) is 0 Å². The molecule has 0 aromatic carbocycles. The molecule has 3 rings (SSSR count). The van der Waals surface area contributed by atoms with E-state index in [4.69, 9.17) is 5.26 Å². The predicted molar refractivity (Wildman–Crippen MR) is 71.2 cm³/mol. The van der Waals surface area contributed by atoms with E-state index in [2.05, 4.69) is 22.9 Å². The van der Waals surface area contributed by atoms with Crippen molar-refractivity contribution < 1.29 is 0 Å². The number of nitriles is 1. The van der Waals surface area contributed by atoms with Crippen molar-refractivity contribution in [1.82, 2.24) is 4.98 Å². The second kappa shape index (κ2) is 4.61. The molecule has 3 unspecified atom stereocenters. The van der Waals surface area contributed by atoms with Crippen molar-refractivity contribution in [3.8, 4) is 6.07 Å². The highest BCUT2D eigenvalue weighted by atomic mass is 15.2. The van der Waals surface area contributed by atoms with Crippen molar-refractivity contribution in [2.75, 3.05) is 11.4 Å². The molecule has 2 aliphatic rings. The third kappa shape index (κ3) is 1.86. The molecular weight excluding hydrogens is 222 g/mol. The number of hydrogen-bond acceptors (Lipinski definition) is 3. The molecule has 1 aliphatic heterocycles. The molecular formula is C15H19N3. The fourth-order valence-electron chi connectivity index (χ4n) is 3.68. The molecule has 2 heterocycles. The van der Waals surface area contributed by atoms with Gasteiger partial charge in [-0.15, -0.1) is 0 Å². The summed E-state index contributed by atoms with van der Waals surface area (Å²) in [5, 5.41) is 8.96. The van der Waals surface area contributed by atoms with Gasteiger partial charge in [0, 0.05) is 12.6 Å². The minimum Gasteiger partial charge on any atom is -0.353 e. The number of rotatable bonds is 1. The third-order valence-electron chi connectivity index (χ3n) is 4.54. The molecule has 18 heavy (non-hydrogen) atoms. The Kier molecular flexibility index (Phi) is 2.95. The Morgan fingerprint density at radius 2 is 2.17 bits per heavy atom. The average molecular weight is 241 g/mol. The Labute approximate surface area is 108 Å². The average Bonchev–Trinajstić information content (AvgIpc) is 2.77. The summed E-state index contributed by atoms with van der Waals surface area (Å²) in [4.78, 5) is 6.90. The van der Waals surface area contributed by atoms with Gasteiger partial charge in [-0.1, -0.05) is 25.8 Å². The maximum absolute atomic E-state index is 8.96. The topological polar surface area (TPSA) is 39.9 Å². The first-order valence-corrected chi connectivity index (χ1v) is 6.93. The van der Waals surface area contributed by atoms with Crippen molar-refractivity contribution in [1.29, 1.82) is 5.26 Å². The standard InChI is InChI=1S/C15H19N3/c1-11-10-18(14-7-3-2-6-13(11)14)15-8-4-5-12(9-16)17-15/h4-5,8,11,13-14H,2-3,6-7,10H2,1H3. The molecule has 1 saturated heterocycles. The third-order valence-corrected chi connectivity index (χ3v) is 4.54. The summed E-state index contributed by atoms with van der Waals surface area (Å²) >= 11 is 0. The SMILES string of the molecule is CC1CN(c2cccc(C#N)n2)C2CCCCC12. The lowest BCUT2D eigenvalue weighted by Gasteiger charge is -2.32. The van der Waals surface area contributed by atoms with E-state index in [-0.39, 0.29) is 0 Å².